The molecule has 1 aliphatic rings. The number of nitrogens with one attached hydrogen (secondary N) is 1. The van der Waals surface area contributed by atoms with Gasteiger partial charge in [-0.05, 0) is 20.8 Å². The van der Waals surface area contributed by atoms with Gasteiger partial charge in [-0.2, -0.15) is 4.40 Å². The van der Waals surface area contributed by atoms with Crippen LogP contribution in [0.2, 0.25) is 0 Å². The molecule has 1 rings (SSSR count). The standard InChI is InChI=1S/C9H16N2O3S/c1-9(2,3)15(14)11-7-4-6(5-7)10-8(12)13/h6,10H,4-5H2,1-3H3,(H,12,13). The van der Waals surface area contributed by atoms with Gasteiger partial charge in [0.2, 0.25) is 0 Å². The molecule has 1 saturated carbocycles. The van der Waals surface area contributed by atoms with E-state index >= 15 is 0 Å². The van der Waals surface area contributed by atoms with Crippen LogP contribution < -0.4 is 5.32 Å². The predicted octanol–water partition coefficient (Wildman–Crippen LogP) is 1.32. The quantitative estimate of drug-likeness (QED) is 0.753. The third-order valence-corrected chi connectivity index (χ3v) is 3.50. The van der Waals surface area contributed by atoms with Gasteiger partial charge in [-0.25, -0.2) is 9.00 Å². The average molecular weight is 232 g/mol. The van der Waals surface area contributed by atoms with E-state index in [1.54, 1.807) is 0 Å². The highest BCUT2D eigenvalue weighted by Gasteiger charge is 2.28. The van der Waals surface area contributed by atoms with Crippen LogP contribution in [-0.2, 0) is 11.0 Å². The Labute approximate surface area is 91.6 Å². The largest absolute Gasteiger partial charge is 0.465 e. The molecule has 0 aromatic carbocycles. The molecule has 0 aliphatic heterocycles. The minimum Gasteiger partial charge on any atom is -0.465 e. The van der Waals surface area contributed by atoms with E-state index in [9.17, 15) is 9.00 Å². The van der Waals surface area contributed by atoms with Gasteiger partial charge in [-0.1, -0.05) is 0 Å². The lowest BCUT2D eigenvalue weighted by molar-refractivity contribution is 0.189. The maximum Gasteiger partial charge on any atom is 0.404 e. The van der Waals surface area contributed by atoms with Crippen molar-refractivity contribution in [3.8, 4) is 0 Å². The lowest BCUT2D eigenvalue weighted by Crippen LogP contribution is -2.44. The Balaban J connectivity index is 2.42. The molecule has 15 heavy (non-hydrogen) atoms. The molecule has 1 fully saturated rings. The highest BCUT2D eigenvalue weighted by Crippen LogP contribution is 2.20. The Bertz CT molecular complexity index is 312. The second kappa shape index (κ2) is 4.30. The average Bonchev–Trinajstić information content (AvgIpc) is 1.97. The predicted molar refractivity (Wildman–Crippen MR) is 59.5 cm³/mol. The van der Waals surface area contributed by atoms with Crippen molar-refractivity contribution in [3.63, 3.8) is 0 Å². The number of carboxylic acid groups (broad SMARTS) is 1. The van der Waals surface area contributed by atoms with E-state index in [0.717, 1.165) is 5.71 Å². The highest BCUT2D eigenvalue weighted by atomic mass is 32.2. The summed E-state index contributed by atoms with van der Waals surface area (Å²) in [5.41, 5.74) is 0.835. The summed E-state index contributed by atoms with van der Waals surface area (Å²) in [6.07, 6.45) is 0.137. The first-order chi connectivity index (χ1) is 6.79. The molecule has 86 valence electrons. The number of nitrogens with zero attached hydrogens (tertiary/aromatic N) is 1. The van der Waals surface area contributed by atoms with Crippen LogP contribution in [0.4, 0.5) is 4.79 Å². The van der Waals surface area contributed by atoms with Crippen LogP contribution in [0.1, 0.15) is 33.6 Å². The summed E-state index contributed by atoms with van der Waals surface area (Å²) >= 11 is 0. The fraction of sp³-hybridized carbons (Fsp3) is 0.778. The smallest absolute Gasteiger partial charge is 0.404 e. The lowest BCUT2D eigenvalue weighted by atomic mass is 9.91. The van der Waals surface area contributed by atoms with Crippen molar-refractivity contribution in [1.29, 1.82) is 0 Å². The molecular weight excluding hydrogens is 216 g/mol. The van der Waals surface area contributed by atoms with Crippen LogP contribution in [-0.4, -0.2) is 31.9 Å². The third kappa shape index (κ3) is 3.62. The molecule has 1 atom stereocenters. The number of amides is 1. The Hall–Kier alpha value is -0.910. The summed E-state index contributed by atoms with van der Waals surface area (Å²) in [4.78, 5) is 10.3. The Morgan fingerprint density at radius 1 is 1.53 bits per heavy atom. The minimum atomic E-state index is -1.23. The van der Waals surface area contributed by atoms with Gasteiger partial charge < -0.3 is 10.4 Å². The van der Waals surface area contributed by atoms with Crippen molar-refractivity contribution in [3.05, 3.63) is 0 Å². The fourth-order valence-corrected chi connectivity index (χ4v) is 1.77. The van der Waals surface area contributed by atoms with Crippen LogP contribution in [0.5, 0.6) is 0 Å². The van der Waals surface area contributed by atoms with E-state index in [1.807, 2.05) is 20.8 Å². The SMILES string of the molecule is CC(C)(C)S(=O)N=C1CC(NC(=O)O)C1. The van der Waals surface area contributed by atoms with E-state index in [2.05, 4.69) is 9.71 Å². The molecule has 1 aliphatic carbocycles. The summed E-state index contributed by atoms with van der Waals surface area (Å²) < 4.78 is 15.3. The highest BCUT2D eigenvalue weighted by molar-refractivity contribution is 7.85. The van der Waals surface area contributed by atoms with Gasteiger partial charge in [0.25, 0.3) is 0 Å². The van der Waals surface area contributed by atoms with Crippen molar-refractivity contribution < 1.29 is 14.1 Å². The number of hydrogen-bond donors (Lipinski definition) is 2. The van der Waals surface area contributed by atoms with Crippen molar-refractivity contribution in [2.24, 2.45) is 4.40 Å². The van der Waals surface area contributed by atoms with Crippen LogP contribution in [0.25, 0.3) is 0 Å². The maximum atomic E-state index is 11.6. The first kappa shape index (κ1) is 12.2. The number of hydrogen-bond acceptors (Lipinski definition) is 2. The van der Waals surface area contributed by atoms with Crippen LogP contribution in [0.3, 0.4) is 0 Å². The lowest BCUT2D eigenvalue weighted by Gasteiger charge is -2.28. The number of rotatable bonds is 2. The van der Waals surface area contributed by atoms with Crippen LogP contribution in [0, 0.1) is 0 Å². The summed E-state index contributed by atoms with van der Waals surface area (Å²) in [7, 11) is -1.23. The van der Waals surface area contributed by atoms with Crippen LogP contribution in [0.15, 0.2) is 4.40 Å². The molecule has 0 saturated heterocycles. The molecule has 6 heteroatoms. The molecule has 0 aromatic heterocycles. The zero-order valence-electron chi connectivity index (χ0n) is 9.11. The van der Waals surface area contributed by atoms with Crippen LogP contribution >= 0.6 is 0 Å². The summed E-state index contributed by atoms with van der Waals surface area (Å²) in [5.74, 6) is 0. The molecule has 0 heterocycles. The second-order valence-corrected chi connectivity index (χ2v) is 6.48. The topological polar surface area (TPSA) is 78.8 Å². The summed E-state index contributed by atoms with van der Waals surface area (Å²) in [6, 6.07) is -0.0572. The van der Waals surface area contributed by atoms with Gasteiger partial charge >= 0.3 is 6.09 Å². The molecule has 0 bridgehead atoms. The van der Waals surface area contributed by atoms with Gasteiger partial charge in [0.15, 0.2) is 0 Å². The van der Waals surface area contributed by atoms with Crippen molar-refractivity contribution >= 4 is 22.8 Å². The van der Waals surface area contributed by atoms with Crippen molar-refractivity contribution in [2.75, 3.05) is 0 Å². The molecule has 5 nitrogen and oxygen atoms in total. The monoisotopic (exact) mass is 232 g/mol. The Morgan fingerprint density at radius 3 is 2.47 bits per heavy atom. The summed E-state index contributed by atoms with van der Waals surface area (Å²) in [5, 5.41) is 10.8. The number of carbonyl (C=O) groups is 1. The Kier molecular flexibility index (Phi) is 3.49. The summed E-state index contributed by atoms with van der Waals surface area (Å²) in [6.45, 7) is 5.58. The van der Waals surface area contributed by atoms with Gasteiger partial charge in [-0.15, -0.1) is 0 Å². The molecule has 0 aromatic rings. The van der Waals surface area contributed by atoms with Crippen molar-refractivity contribution in [1.82, 2.24) is 5.32 Å². The van der Waals surface area contributed by atoms with Gasteiger partial charge in [-0.3, -0.25) is 0 Å². The van der Waals surface area contributed by atoms with Crippen molar-refractivity contribution in [2.45, 2.75) is 44.4 Å². The molecule has 1 amide bonds. The van der Waals surface area contributed by atoms with E-state index < -0.39 is 17.1 Å². The van der Waals surface area contributed by atoms with E-state index in [-0.39, 0.29) is 10.8 Å². The molecule has 0 radical (unpaired) electrons. The van der Waals surface area contributed by atoms with E-state index in [4.69, 9.17) is 5.11 Å². The second-order valence-electron chi connectivity index (χ2n) is 4.57. The van der Waals surface area contributed by atoms with E-state index in [1.165, 1.54) is 0 Å². The third-order valence-electron chi connectivity index (χ3n) is 2.03. The first-order valence-corrected chi connectivity index (χ1v) is 5.87. The minimum absolute atomic E-state index is 0.0572. The van der Waals surface area contributed by atoms with E-state index in [0.29, 0.717) is 12.8 Å². The zero-order valence-corrected chi connectivity index (χ0v) is 9.93. The molecule has 0 spiro atoms. The van der Waals surface area contributed by atoms with Gasteiger partial charge in [0.05, 0.1) is 4.75 Å². The van der Waals surface area contributed by atoms with Gasteiger partial charge in [0, 0.05) is 24.6 Å². The molecule has 2 N–H and O–H groups in total. The normalized spacial score (nSPS) is 22.9. The zero-order chi connectivity index (χ0) is 11.6. The Morgan fingerprint density at radius 2 is 2.07 bits per heavy atom. The molecular formula is C9H16N2O3S. The fourth-order valence-electron chi connectivity index (χ4n) is 1.11. The van der Waals surface area contributed by atoms with Gasteiger partial charge in [0.1, 0.15) is 11.0 Å². The molecule has 1 unspecified atom stereocenters. The first-order valence-electron chi connectivity index (χ1n) is 4.77. The maximum absolute atomic E-state index is 11.6.